The van der Waals surface area contributed by atoms with Gasteiger partial charge in [-0.2, -0.15) is 11.3 Å². The first-order valence-corrected chi connectivity index (χ1v) is 7.15. The SMILES string of the molecule is COc1ccccc1CNCC(C)(O)c1ccsc1. The minimum atomic E-state index is -0.845. The number of nitrogens with one attached hydrogen (secondary N) is 1. The molecule has 19 heavy (non-hydrogen) atoms. The van der Waals surface area contributed by atoms with Crippen LogP contribution in [0.4, 0.5) is 0 Å². The van der Waals surface area contributed by atoms with Crippen molar-refractivity contribution in [1.29, 1.82) is 0 Å². The average Bonchev–Trinajstić information content (AvgIpc) is 2.94. The molecule has 102 valence electrons. The van der Waals surface area contributed by atoms with Crippen molar-refractivity contribution in [3.63, 3.8) is 0 Å². The fourth-order valence-corrected chi connectivity index (χ4v) is 2.75. The van der Waals surface area contributed by atoms with Crippen LogP contribution in [0.1, 0.15) is 18.1 Å². The number of methoxy groups -OCH3 is 1. The van der Waals surface area contributed by atoms with Gasteiger partial charge >= 0.3 is 0 Å². The molecular weight excluding hydrogens is 258 g/mol. The van der Waals surface area contributed by atoms with Gasteiger partial charge in [0, 0.05) is 18.7 Å². The summed E-state index contributed by atoms with van der Waals surface area (Å²) in [7, 11) is 1.67. The maximum Gasteiger partial charge on any atom is 0.123 e. The Morgan fingerprint density at radius 1 is 1.32 bits per heavy atom. The van der Waals surface area contributed by atoms with Crippen LogP contribution >= 0.6 is 11.3 Å². The lowest BCUT2D eigenvalue weighted by molar-refractivity contribution is 0.0570. The fraction of sp³-hybridized carbons (Fsp3) is 0.333. The molecule has 0 aliphatic carbocycles. The predicted molar refractivity (Wildman–Crippen MR) is 78.6 cm³/mol. The molecule has 1 heterocycles. The van der Waals surface area contributed by atoms with E-state index in [0.29, 0.717) is 13.1 Å². The van der Waals surface area contributed by atoms with Gasteiger partial charge in [-0.25, -0.2) is 0 Å². The van der Waals surface area contributed by atoms with Crippen LogP contribution in [0.25, 0.3) is 0 Å². The number of thiophene rings is 1. The number of ether oxygens (including phenoxy) is 1. The first kappa shape index (κ1) is 14.1. The van der Waals surface area contributed by atoms with Crippen molar-refractivity contribution in [2.45, 2.75) is 19.1 Å². The molecule has 2 aromatic rings. The Balaban J connectivity index is 1.93. The van der Waals surface area contributed by atoms with Crippen molar-refractivity contribution in [3.05, 3.63) is 52.2 Å². The minimum absolute atomic E-state index is 0.502. The Morgan fingerprint density at radius 3 is 2.79 bits per heavy atom. The molecule has 0 saturated carbocycles. The highest BCUT2D eigenvalue weighted by atomic mass is 32.1. The van der Waals surface area contributed by atoms with E-state index in [2.05, 4.69) is 5.32 Å². The summed E-state index contributed by atoms with van der Waals surface area (Å²) in [5, 5.41) is 17.6. The second-order valence-corrected chi connectivity index (χ2v) is 5.48. The Labute approximate surface area is 117 Å². The van der Waals surface area contributed by atoms with E-state index >= 15 is 0 Å². The van der Waals surface area contributed by atoms with Crippen molar-refractivity contribution in [1.82, 2.24) is 5.32 Å². The number of aliphatic hydroxyl groups is 1. The highest BCUT2D eigenvalue weighted by molar-refractivity contribution is 7.08. The van der Waals surface area contributed by atoms with E-state index in [1.807, 2.05) is 48.0 Å². The molecule has 2 N–H and O–H groups in total. The van der Waals surface area contributed by atoms with Gasteiger partial charge in [-0.05, 0) is 35.4 Å². The second kappa shape index (κ2) is 6.19. The van der Waals surface area contributed by atoms with E-state index in [-0.39, 0.29) is 0 Å². The highest BCUT2D eigenvalue weighted by Gasteiger charge is 2.22. The Bertz CT molecular complexity index is 509. The lowest BCUT2D eigenvalue weighted by Gasteiger charge is -2.23. The zero-order chi connectivity index (χ0) is 13.7. The molecule has 1 unspecified atom stereocenters. The highest BCUT2D eigenvalue weighted by Crippen LogP contribution is 2.22. The molecule has 3 nitrogen and oxygen atoms in total. The summed E-state index contributed by atoms with van der Waals surface area (Å²) in [4.78, 5) is 0. The molecule has 1 aromatic heterocycles. The summed E-state index contributed by atoms with van der Waals surface area (Å²) in [5.74, 6) is 0.866. The summed E-state index contributed by atoms with van der Waals surface area (Å²) in [6, 6.07) is 9.84. The van der Waals surface area contributed by atoms with Gasteiger partial charge in [-0.3, -0.25) is 0 Å². The maximum atomic E-state index is 10.4. The summed E-state index contributed by atoms with van der Waals surface area (Å²) >= 11 is 1.59. The zero-order valence-corrected chi connectivity index (χ0v) is 12.0. The number of rotatable bonds is 6. The number of hydrogen-bond donors (Lipinski definition) is 2. The van der Waals surface area contributed by atoms with Crippen molar-refractivity contribution < 1.29 is 9.84 Å². The zero-order valence-electron chi connectivity index (χ0n) is 11.2. The van der Waals surface area contributed by atoms with Gasteiger partial charge in [-0.15, -0.1) is 0 Å². The van der Waals surface area contributed by atoms with E-state index in [1.165, 1.54) is 0 Å². The number of hydrogen-bond acceptors (Lipinski definition) is 4. The van der Waals surface area contributed by atoms with E-state index < -0.39 is 5.60 Å². The first-order valence-electron chi connectivity index (χ1n) is 6.21. The summed E-state index contributed by atoms with van der Waals surface area (Å²) in [6.45, 7) is 3.00. The monoisotopic (exact) mass is 277 g/mol. The van der Waals surface area contributed by atoms with Crippen LogP contribution in [0, 0.1) is 0 Å². The van der Waals surface area contributed by atoms with Crippen LogP contribution in [0.5, 0.6) is 5.75 Å². The molecular formula is C15H19NO2S. The molecule has 0 bridgehead atoms. The number of para-hydroxylation sites is 1. The largest absolute Gasteiger partial charge is 0.496 e. The van der Waals surface area contributed by atoms with E-state index in [4.69, 9.17) is 4.74 Å². The second-order valence-electron chi connectivity index (χ2n) is 4.70. The van der Waals surface area contributed by atoms with Gasteiger partial charge in [-0.1, -0.05) is 18.2 Å². The normalized spacial score (nSPS) is 14.1. The van der Waals surface area contributed by atoms with Gasteiger partial charge in [0.25, 0.3) is 0 Å². The van der Waals surface area contributed by atoms with Gasteiger partial charge in [0.15, 0.2) is 0 Å². The Morgan fingerprint density at radius 2 is 2.11 bits per heavy atom. The molecule has 0 aliphatic rings. The topological polar surface area (TPSA) is 41.5 Å². The van der Waals surface area contributed by atoms with Crippen molar-refractivity contribution in [2.24, 2.45) is 0 Å². The summed E-state index contributed by atoms with van der Waals surface area (Å²) in [6.07, 6.45) is 0. The van der Waals surface area contributed by atoms with Crippen LogP contribution in [0.2, 0.25) is 0 Å². The van der Waals surface area contributed by atoms with Crippen LogP contribution in [0.15, 0.2) is 41.1 Å². The Kier molecular flexibility index (Phi) is 4.58. The van der Waals surface area contributed by atoms with Crippen molar-refractivity contribution in [3.8, 4) is 5.75 Å². The summed E-state index contributed by atoms with van der Waals surface area (Å²) in [5.41, 5.74) is 1.19. The molecule has 0 amide bonds. The molecule has 1 atom stereocenters. The third kappa shape index (κ3) is 3.56. The van der Waals surface area contributed by atoms with Crippen molar-refractivity contribution in [2.75, 3.05) is 13.7 Å². The van der Waals surface area contributed by atoms with Crippen molar-refractivity contribution >= 4 is 11.3 Å². The lowest BCUT2D eigenvalue weighted by Crippen LogP contribution is -2.34. The van der Waals surface area contributed by atoms with E-state index in [9.17, 15) is 5.11 Å². The third-order valence-corrected chi connectivity index (χ3v) is 3.80. The van der Waals surface area contributed by atoms with Gasteiger partial charge < -0.3 is 15.2 Å². The van der Waals surface area contributed by atoms with Crippen LogP contribution in [-0.4, -0.2) is 18.8 Å². The summed E-state index contributed by atoms with van der Waals surface area (Å²) < 4.78 is 5.30. The predicted octanol–water partition coefficient (Wildman–Crippen LogP) is 2.75. The molecule has 0 aliphatic heterocycles. The lowest BCUT2D eigenvalue weighted by atomic mass is 9.99. The molecule has 2 rings (SSSR count). The smallest absolute Gasteiger partial charge is 0.123 e. The Hall–Kier alpha value is -1.36. The first-order chi connectivity index (χ1) is 9.13. The average molecular weight is 277 g/mol. The fourth-order valence-electron chi connectivity index (χ4n) is 1.96. The van der Waals surface area contributed by atoms with Crippen LogP contribution in [0.3, 0.4) is 0 Å². The standard InChI is InChI=1S/C15H19NO2S/c1-15(17,13-7-8-19-10-13)11-16-9-12-5-3-4-6-14(12)18-2/h3-8,10,16-17H,9,11H2,1-2H3. The minimum Gasteiger partial charge on any atom is -0.496 e. The molecule has 4 heteroatoms. The third-order valence-electron chi connectivity index (χ3n) is 3.12. The van der Waals surface area contributed by atoms with Crippen LogP contribution in [-0.2, 0) is 12.1 Å². The molecule has 0 saturated heterocycles. The molecule has 0 radical (unpaired) electrons. The maximum absolute atomic E-state index is 10.4. The number of benzene rings is 1. The molecule has 0 spiro atoms. The van der Waals surface area contributed by atoms with Gasteiger partial charge in [0.2, 0.25) is 0 Å². The van der Waals surface area contributed by atoms with Gasteiger partial charge in [0.05, 0.1) is 12.7 Å². The molecule has 0 fully saturated rings. The van der Waals surface area contributed by atoms with Crippen LogP contribution < -0.4 is 10.1 Å². The van der Waals surface area contributed by atoms with E-state index in [0.717, 1.165) is 16.9 Å². The van der Waals surface area contributed by atoms with E-state index in [1.54, 1.807) is 18.4 Å². The molecule has 1 aromatic carbocycles. The van der Waals surface area contributed by atoms with Gasteiger partial charge in [0.1, 0.15) is 5.75 Å². The quantitative estimate of drug-likeness (QED) is 0.853.